The predicted molar refractivity (Wildman–Crippen MR) is 131 cm³/mol. The van der Waals surface area contributed by atoms with E-state index in [1.54, 1.807) is 0 Å². The number of alkyl carbamates (subject to hydrolysis) is 1. The zero-order chi connectivity index (χ0) is 24.4. The molecule has 0 saturated heterocycles. The fourth-order valence-corrected chi connectivity index (χ4v) is 5.85. The largest absolute Gasteiger partial charge is 0.481 e. The lowest BCUT2D eigenvalue weighted by molar-refractivity contribution is -0.151. The first-order valence-electron chi connectivity index (χ1n) is 12.6. The maximum atomic E-state index is 12.5. The molecule has 2 aromatic rings. The average Bonchev–Trinajstić information content (AvgIpc) is 3.17. The average molecular weight is 477 g/mol. The molecule has 7 nitrogen and oxygen atoms in total. The fraction of sp³-hybridized carbons (Fsp3) is 0.464. The number of carbonyl (C=O) groups is 3. The standard InChI is InChI=1S/C28H32N2O5/c31-25(29-17-28(26(32)33)12-6-1-7-13-28)18-14-19(15-18)30-27(34)35-16-24-22-10-4-2-8-20(22)21-9-3-5-11-23(21)24/h2-5,8-11,18-19,24H,1,6-7,12-17H2,(H,29,31)(H,30,34)(H,32,33). The normalized spacial score (nSPS) is 22.3. The first-order valence-corrected chi connectivity index (χ1v) is 12.6. The molecule has 5 rings (SSSR count). The van der Waals surface area contributed by atoms with E-state index >= 15 is 0 Å². The highest BCUT2D eigenvalue weighted by molar-refractivity contribution is 5.82. The molecule has 0 unspecified atom stereocenters. The van der Waals surface area contributed by atoms with Crippen molar-refractivity contribution in [1.82, 2.24) is 10.6 Å². The zero-order valence-electron chi connectivity index (χ0n) is 19.8. The van der Waals surface area contributed by atoms with Gasteiger partial charge >= 0.3 is 12.1 Å². The summed E-state index contributed by atoms with van der Waals surface area (Å²) < 4.78 is 5.59. The van der Waals surface area contributed by atoms with E-state index in [0.29, 0.717) is 25.7 Å². The van der Waals surface area contributed by atoms with E-state index in [-0.39, 0.29) is 36.9 Å². The third-order valence-electron chi connectivity index (χ3n) is 8.04. The number of hydrogen-bond acceptors (Lipinski definition) is 4. The molecule has 2 fully saturated rings. The number of rotatable bonds is 7. The Balaban J connectivity index is 1.08. The van der Waals surface area contributed by atoms with Crippen molar-refractivity contribution in [3.8, 4) is 11.1 Å². The second-order valence-corrected chi connectivity index (χ2v) is 10.2. The number of carboxylic acid groups (broad SMARTS) is 1. The number of benzene rings is 2. The summed E-state index contributed by atoms with van der Waals surface area (Å²) >= 11 is 0. The Bertz CT molecular complexity index is 1070. The molecule has 0 radical (unpaired) electrons. The van der Waals surface area contributed by atoms with Gasteiger partial charge in [-0.15, -0.1) is 0 Å². The van der Waals surface area contributed by atoms with Gasteiger partial charge in [0, 0.05) is 24.4 Å². The third kappa shape index (κ3) is 4.64. The predicted octanol–water partition coefficient (Wildman–Crippen LogP) is 4.46. The van der Waals surface area contributed by atoms with Gasteiger partial charge in [-0.3, -0.25) is 9.59 Å². The molecule has 0 spiro atoms. The number of hydrogen-bond donors (Lipinski definition) is 3. The van der Waals surface area contributed by atoms with Gasteiger partial charge in [0.15, 0.2) is 0 Å². The number of ether oxygens (including phenoxy) is 1. The minimum atomic E-state index is -0.837. The molecule has 35 heavy (non-hydrogen) atoms. The van der Waals surface area contributed by atoms with E-state index < -0.39 is 17.5 Å². The molecule has 3 aliphatic rings. The van der Waals surface area contributed by atoms with Crippen LogP contribution in [0.3, 0.4) is 0 Å². The van der Waals surface area contributed by atoms with Crippen molar-refractivity contribution in [1.29, 1.82) is 0 Å². The Morgan fingerprint density at radius 3 is 2.11 bits per heavy atom. The molecule has 7 heteroatoms. The lowest BCUT2D eigenvalue weighted by atomic mass is 9.73. The molecule has 184 valence electrons. The Labute approximate surface area is 205 Å². The van der Waals surface area contributed by atoms with E-state index in [9.17, 15) is 19.5 Å². The summed E-state index contributed by atoms with van der Waals surface area (Å²) in [6.07, 6.45) is 4.65. The third-order valence-corrected chi connectivity index (χ3v) is 8.04. The van der Waals surface area contributed by atoms with Crippen LogP contribution in [0.1, 0.15) is 62.0 Å². The molecule has 0 aliphatic heterocycles. The highest BCUT2D eigenvalue weighted by atomic mass is 16.5. The van der Waals surface area contributed by atoms with E-state index in [1.165, 1.54) is 22.3 Å². The quantitative estimate of drug-likeness (QED) is 0.547. The minimum Gasteiger partial charge on any atom is -0.481 e. The van der Waals surface area contributed by atoms with E-state index in [4.69, 9.17) is 4.74 Å². The topological polar surface area (TPSA) is 105 Å². The van der Waals surface area contributed by atoms with Crippen LogP contribution in [0.4, 0.5) is 4.79 Å². The van der Waals surface area contributed by atoms with E-state index in [0.717, 1.165) is 19.3 Å². The van der Waals surface area contributed by atoms with Gasteiger partial charge in [-0.2, -0.15) is 0 Å². The van der Waals surface area contributed by atoms with Crippen LogP contribution in [-0.2, 0) is 14.3 Å². The fourth-order valence-electron chi connectivity index (χ4n) is 5.85. The molecule has 0 aromatic heterocycles. The van der Waals surface area contributed by atoms with Gasteiger partial charge in [0.05, 0.1) is 5.41 Å². The van der Waals surface area contributed by atoms with Crippen LogP contribution in [-0.4, -0.2) is 42.3 Å². The Morgan fingerprint density at radius 1 is 0.914 bits per heavy atom. The van der Waals surface area contributed by atoms with Crippen molar-refractivity contribution in [2.45, 2.75) is 56.9 Å². The van der Waals surface area contributed by atoms with Crippen LogP contribution in [0, 0.1) is 11.3 Å². The summed E-state index contributed by atoms with van der Waals surface area (Å²) in [6.45, 7) is 0.440. The smallest absolute Gasteiger partial charge is 0.407 e. The highest BCUT2D eigenvalue weighted by Gasteiger charge is 2.42. The van der Waals surface area contributed by atoms with Crippen LogP contribution in [0.2, 0.25) is 0 Å². The molecule has 3 N–H and O–H groups in total. The van der Waals surface area contributed by atoms with Gasteiger partial charge in [0.25, 0.3) is 0 Å². The van der Waals surface area contributed by atoms with Gasteiger partial charge in [-0.25, -0.2) is 4.79 Å². The van der Waals surface area contributed by atoms with Gasteiger partial charge < -0.3 is 20.5 Å². The number of aliphatic carboxylic acids is 1. The first kappa shape index (κ1) is 23.4. The lowest BCUT2D eigenvalue weighted by Gasteiger charge is -2.37. The van der Waals surface area contributed by atoms with Crippen molar-refractivity contribution in [2.75, 3.05) is 13.2 Å². The maximum Gasteiger partial charge on any atom is 0.407 e. The van der Waals surface area contributed by atoms with Crippen LogP contribution < -0.4 is 10.6 Å². The number of carboxylic acids is 1. The summed E-state index contributed by atoms with van der Waals surface area (Å²) in [4.78, 5) is 36.8. The summed E-state index contributed by atoms with van der Waals surface area (Å²) in [7, 11) is 0. The Kier molecular flexibility index (Phi) is 6.50. The molecular formula is C28H32N2O5. The van der Waals surface area contributed by atoms with Gasteiger partial charge in [-0.05, 0) is 47.9 Å². The van der Waals surface area contributed by atoms with Crippen LogP contribution in [0.5, 0.6) is 0 Å². The monoisotopic (exact) mass is 476 g/mol. The summed E-state index contributed by atoms with van der Waals surface area (Å²) in [5, 5.41) is 15.4. The maximum absolute atomic E-state index is 12.5. The van der Waals surface area contributed by atoms with Gasteiger partial charge in [-0.1, -0.05) is 67.8 Å². The van der Waals surface area contributed by atoms with Crippen molar-refractivity contribution in [2.24, 2.45) is 11.3 Å². The zero-order valence-corrected chi connectivity index (χ0v) is 19.8. The molecule has 0 atom stereocenters. The SMILES string of the molecule is O=C(NC1CC(C(=O)NCC2(C(=O)O)CCCCC2)C1)OCC1c2ccccc2-c2ccccc21. The van der Waals surface area contributed by atoms with Crippen LogP contribution in [0.25, 0.3) is 11.1 Å². The van der Waals surface area contributed by atoms with Crippen molar-refractivity contribution >= 4 is 18.0 Å². The molecule has 0 heterocycles. The van der Waals surface area contributed by atoms with Crippen molar-refractivity contribution in [3.05, 3.63) is 59.7 Å². The number of fused-ring (bicyclic) bond motifs is 3. The highest BCUT2D eigenvalue weighted by Crippen LogP contribution is 2.44. The summed E-state index contributed by atoms with van der Waals surface area (Å²) in [5.41, 5.74) is 3.86. The summed E-state index contributed by atoms with van der Waals surface area (Å²) in [6, 6.07) is 16.3. The van der Waals surface area contributed by atoms with Gasteiger partial charge in [0.2, 0.25) is 5.91 Å². The molecule has 2 amide bonds. The first-order chi connectivity index (χ1) is 17.0. The minimum absolute atomic E-state index is 0.00871. The lowest BCUT2D eigenvalue weighted by Crippen LogP contribution is -2.52. The summed E-state index contributed by atoms with van der Waals surface area (Å²) in [5.74, 6) is -1.14. The number of nitrogens with one attached hydrogen (secondary N) is 2. The van der Waals surface area contributed by atoms with Gasteiger partial charge in [0.1, 0.15) is 6.61 Å². The van der Waals surface area contributed by atoms with E-state index in [2.05, 4.69) is 34.9 Å². The Hall–Kier alpha value is -3.35. The van der Waals surface area contributed by atoms with Crippen LogP contribution >= 0.6 is 0 Å². The number of amides is 2. The van der Waals surface area contributed by atoms with E-state index in [1.807, 2.05) is 24.3 Å². The molecule has 3 aliphatic carbocycles. The molecule has 2 aromatic carbocycles. The molecular weight excluding hydrogens is 444 g/mol. The van der Waals surface area contributed by atoms with Crippen molar-refractivity contribution in [3.63, 3.8) is 0 Å². The number of carbonyl (C=O) groups excluding carboxylic acids is 2. The van der Waals surface area contributed by atoms with Crippen LogP contribution in [0.15, 0.2) is 48.5 Å². The van der Waals surface area contributed by atoms with Crippen molar-refractivity contribution < 1.29 is 24.2 Å². The molecule has 0 bridgehead atoms. The Morgan fingerprint density at radius 2 is 1.51 bits per heavy atom. The second kappa shape index (κ2) is 9.72. The second-order valence-electron chi connectivity index (χ2n) is 10.2. The molecule has 2 saturated carbocycles.